The Hall–Kier alpha value is -4.73. The highest BCUT2D eigenvalue weighted by atomic mass is 16.5. The third kappa shape index (κ3) is 8.71. The van der Waals surface area contributed by atoms with Crippen molar-refractivity contribution in [2.24, 2.45) is 5.73 Å². The van der Waals surface area contributed by atoms with Gasteiger partial charge in [0.05, 0.1) is 19.3 Å². The smallest absolute Gasteiger partial charge is 0.254 e. The number of ether oxygens (including phenoxy) is 1. The van der Waals surface area contributed by atoms with Crippen LogP contribution in [0.15, 0.2) is 84.9 Å². The van der Waals surface area contributed by atoms with Gasteiger partial charge in [0, 0.05) is 42.9 Å². The summed E-state index contributed by atoms with van der Waals surface area (Å²) in [6, 6.07) is 25.4. The molecule has 46 heavy (non-hydrogen) atoms. The zero-order valence-corrected chi connectivity index (χ0v) is 26.8. The number of carbonyl (C=O) groups is 3. The van der Waals surface area contributed by atoms with Gasteiger partial charge in [-0.3, -0.25) is 14.4 Å². The van der Waals surface area contributed by atoms with Gasteiger partial charge in [-0.05, 0) is 71.5 Å². The summed E-state index contributed by atoms with van der Waals surface area (Å²) in [6.45, 7) is 5.41. The van der Waals surface area contributed by atoms with Gasteiger partial charge < -0.3 is 31.1 Å². The monoisotopic (exact) mass is 624 g/mol. The molecule has 0 saturated carbocycles. The fourth-order valence-electron chi connectivity index (χ4n) is 5.62. The normalized spacial score (nSPS) is 12.3. The molecular weight excluding hydrogens is 580 g/mol. The number of rotatable bonds is 16. The quantitative estimate of drug-likeness (QED) is 0.143. The second-order valence-corrected chi connectivity index (χ2v) is 11.4. The molecule has 0 aliphatic heterocycles. The standard InChI is InChI=1S/C37H44N4O5/c1-4-16-40-36(44)29-19-28(35(38)43)20-30(21-29)37(45)41(17-5-2)33(22-27-13-9-12-26-11-6-7-15-32(26)27)34(42)24-39-23-25-10-8-14-31(18-25)46-3/h6-15,18-21,33-34,39,42H,4-5,16-17,22-24H2,1-3H3,(H2,38,43)(H,40,44)/t33-,34+/m0/s1. The molecule has 0 saturated heterocycles. The average molecular weight is 625 g/mol. The molecular formula is C37H44N4O5. The van der Waals surface area contributed by atoms with E-state index in [-0.39, 0.29) is 23.2 Å². The van der Waals surface area contributed by atoms with Crippen molar-refractivity contribution < 1.29 is 24.2 Å². The molecule has 0 unspecified atom stereocenters. The molecule has 0 heterocycles. The molecule has 4 rings (SSSR count). The third-order valence-corrected chi connectivity index (χ3v) is 7.96. The lowest BCUT2D eigenvalue weighted by Crippen LogP contribution is -2.51. The third-order valence-electron chi connectivity index (χ3n) is 7.96. The van der Waals surface area contributed by atoms with Gasteiger partial charge in [0.1, 0.15) is 5.75 Å². The molecule has 5 N–H and O–H groups in total. The summed E-state index contributed by atoms with van der Waals surface area (Å²) in [5, 5.41) is 20.0. The number of hydrogen-bond acceptors (Lipinski definition) is 6. The summed E-state index contributed by atoms with van der Waals surface area (Å²) in [4.78, 5) is 41.2. The molecule has 0 aromatic heterocycles. The van der Waals surface area contributed by atoms with E-state index in [1.807, 2.05) is 80.6 Å². The maximum atomic E-state index is 14.4. The van der Waals surface area contributed by atoms with Gasteiger partial charge in [0.25, 0.3) is 11.8 Å². The first kappa shape index (κ1) is 34.1. The number of benzene rings is 4. The van der Waals surface area contributed by atoms with Crippen molar-refractivity contribution in [3.63, 3.8) is 0 Å². The van der Waals surface area contributed by atoms with E-state index in [2.05, 4.69) is 10.6 Å². The van der Waals surface area contributed by atoms with Crippen molar-refractivity contribution >= 4 is 28.5 Å². The van der Waals surface area contributed by atoms with Crippen molar-refractivity contribution in [2.45, 2.75) is 51.8 Å². The number of primary amides is 1. The second-order valence-electron chi connectivity index (χ2n) is 11.4. The highest BCUT2D eigenvalue weighted by molar-refractivity contribution is 6.04. The zero-order chi connectivity index (χ0) is 33.1. The summed E-state index contributed by atoms with van der Waals surface area (Å²) < 4.78 is 5.34. The first-order valence-electron chi connectivity index (χ1n) is 15.8. The molecule has 0 aliphatic carbocycles. The van der Waals surface area contributed by atoms with Crippen LogP contribution in [0.25, 0.3) is 10.8 Å². The van der Waals surface area contributed by atoms with Crippen LogP contribution in [0.5, 0.6) is 5.75 Å². The van der Waals surface area contributed by atoms with Crippen LogP contribution in [0.1, 0.15) is 68.9 Å². The molecule has 4 aromatic rings. The fourth-order valence-corrected chi connectivity index (χ4v) is 5.62. The largest absolute Gasteiger partial charge is 0.497 e. The number of nitrogens with one attached hydrogen (secondary N) is 2. The van der Waals surface area contributed by atoms with Crippen molar-refractivity contribution in [3.05, 3.63) is 113 Å². The summed E-state index contributed by atoms with van der Waals surface area (Å²) in [5.41, 5.74) is 8.01. The predicted molar refractivity (Wildman–Crippen MR) is 181 cm³/mol. The van der Waals surface area contributed by atoms with Crippen LogP contribution in [-0.4, -0.2) is 66.6 Å². The van der Waals surface area contributed by atoms with Crippen molar-refractivity contribution in [2.75, 3.05) is 26.7 Å². The molecule has 0 bridgehead atoms. The molecule has 2 atom stereocenters. The van der Waals surface area contributed by atoms with Crippen LogP contribution in [0.4, 0.5) is 0 Å². The van der Waals surface area contributed by atoms with Crippen LogP contribution >= 0.6 is 0 Å². The van der Waals surface area contributed by atoms with E-state index >= 15 is 0 Å². The van der Waals surface area contributed by atoms with Gasteiger partial charge in [0.15, 0.2) is 0 Å². The average Bonchev–Trinajstić information content (AvgIpc) is 3.08. The number of hydrogen-bond donors (Lipinski definition) is 4. The first-order chi connectivity index (χ1) is 22.2. The van der Waals surface area contributed by atoms with Crippen molar-refractivity contribution in [1.29, 1.82) is 0 Å². The Labute approximate surface area is 270 Å². The Morgan fingerprint density at radius 3 is 2.35 bits per heavy atom. The minimum atomic E-state index is -0.952. The Bertz CT molecular complexity index is 1650. The number of amides is 3. The van der Waals surface area contributed by atoms with Crippen molar-refractivity contribution in [3.8, 4) is 5.75 Å². The Balaban J connectivity index is 1.70. The fraction of sp³-hybridized carbons (Fsp3) is 0.324. The van der Waals surface area contributed by atoms with Gasteiger partial charge in [-0.2, -0.15) is 0 Å². The first-order valence-corrected chi connectivity index (χ1v) is 15.8. The highest BCUT2D eigenvalue weighted by Crippen LogP contribution is 2.24. The number of fused-ring (bicyclic) bond motifs is 1. The minimum absolute atomic E-state index is 0.0649. The number of aliphatic hydroxyl groups is 1. The predicted octanol–water partition coefficient (Wildman–Crippen LogP) is 4.70. The highest BCUT2D eigenvalue weighted by Gasteiger charge is 2.31. The lowest BCUT2D eigenvalue weighted by Gasteiger charge is -2.36. The molecule has 0 radical (unpaired) electrons. The maximum absolute atomic E-state index is 14.4. The van der Waals surface area contributed by atoms with Gasteiger partial charge in [-0.15, -0.1) is 0 Å². The summed E-state index contributed by atoms with van der Waals surface area (Å²) in [7, 11) is 1.62. The van der Waals surface area contributed by atoms with E-state index in [0.29, 0.717) is 32.5 Å². The molecule has 242 valence electrons. The van der Waals surface area contributed by atoms with Crippen LogP contribution in [-0.2, 0) is 13.0 Å². The van der Waals surface area contributed by atoms with Gasteiger partial charge in [-0.25, -0.2) is 0 Å². The second kappa shape index (κ2) is 16.5. The molecule has 9 nitrogen and oxygen atoms in total. The molecule has 3 amide bonds. The van der Waals surface area contributed by atoms with E-state index in [1.54, 1.807) is 12.0 Å². The lowest BCUT2D eigenvalue weighted by atomic mass is 9.94. The number of carbonyl (C=O) groups excluding carboxylic acids is 3. The molecule has 4 aromatic carbocycles. The van der Waals surface area contributed by atoms with E-state index < -0.39 is 29.9 Å². The SMILES string of the molecule is CCCNC(=O)c1cc(C(N)=O)cc(C(=O)N(CCC)[C@@H](Cc2cccc3ccccc23)[C@H](O)CNCc2cccc(OC)c2)c1. The van der Waals surface area contributed by atoms with E-state index in [0.717, 1.165) is 34.1 Å². The summed E-state index contributed by atoms with van der Waals surface area (Å²) in [5.74, 6) is -0.786. The number of methoxy groups -OCH3 is 1. The Morgan fingerprint density at radius 1 is 0.891 bits per heavy atom. The maximum Gasteiger partial charge on any atom is 0.254 e. The Kier molecular flexibility index (Phi) is 12.3. The summed E-state index contributed by atoms with van der Waals surface area (Å²) in [6.07, 6.45) is 0.790. The zero-order valence-electron chi connectivity index (χ0n) is 26.8. The molecule has 0 aliphatic rings. The van der Waals surface area contributed by atoms with Gasteiger partial charge >= 0.3 is 0 Å². The van der Waals surface area contributed by atoms with Gasteiger partial charge in [-0.1, -0.05) is 68.4 Å². The number of aliphatic hydroxyl groups excluding tert-OH is 1. The van der Waals surface area contributed by atoms with Crippen LogP contribution in [0, 0.1) is 0 Å². The van der Waals surface area contributed by atoms with E-state index in [4.69, 9.17) is 10.5 Å². The number of nitrogens with two attached hydrogens (primary N) is 1. The van der Waals surface area contributed by atoms with E-state index in [9.17, 15) is 19.5 Å². The minimum Gasteiger partial charge on any atom is -0.497 e. The van der Waals surface area contributed by atoms with E-state index in [1.165, 1.54) is 18.2 Å². The summed E-state index contributed by atoms with van der Waals surface area (Å²) >= 11 is 0. The van der Waals surface area contributed by atoms with Crippen LogP contribution in [0.2, 0.25) is 0 Å². The Morgan fingerprint density at radius 2 is 1.61 bits per heavy atom. The van der Waals surface area contributed by atoms with Crippen molar-refractivity contribution in [1.82, 2.24) is 15.5 Å². The molecule has 0 spiro atoms. The number of nitrogens with zero attached hydrogens (tertiary/aromatic N) is 1. The topological polar surface area (TPSA) is 134 Å². The molecule has 9 heteroatoms. The van der Waals surface area contributed by atoms with Crippen LogP contribution in [0.3, 0.4) is 0 Å². The van der Waals surface area contributed by atoms with Gasteiger partial charge in [0.2, 0.25) is 5.91 Å². The lowest BCUT2D eigenvalue weighted by molar-refractivity contribution is 0.0354. The van der Waals surface area contributed by atoms with Crippen LogP contribution < -0.4 is 21.1 Å². The molecule has 0 fully saturated rings.